The van der Waals surface area contributed by atoms with Gasteiger partial charge in [0.1, 0.15) is 0 Å². The van der Waals surface area contributed by atoms with E-state index in [0.717, 1.165) is 0 Å². The Hall–Kier alpha value is -3.08. The van der Waals surface area contributed by atoms with Gasteiger partial charge in [0.15, 0.2) is 0 Å². The molecular formula is C23H25N. The monoisotopic (exact) mass is 315 g/mol. The predicted octanol–water partition coefficient (Wildman–Crippen LogP) is 5.64. The number of terminal acetylenes is 2. The van der Waals surface area contributed by atoms with Crippen LogP contribution in [0.1, 0.15) is 27.7 Å². The van der Waals surface area contributed by atoms with Crippen molar-refractivity contribution >= 4 is 21.8 Å². The van der Waals surface area contributed by atoms with Crippen LogP contribution < -0.4 is 0 Å². The molecule has 3 rings (SSSR count). The number of nitrogens with zero attached hydrogens (tertiary/aromatic N) is 1. The summed E-state index contributed by atoms with van der Waals surface area (Å²) in [5, 5.41) is 2.68. The van der Waals surface area contributed by atoms with Gasteiger partial charge in [0.05, 0.1) is 0 Å². The maximum Gasteiger partial charge on any atom is 0.0488 e. The Morgan fingerprint density at radius 3 is 1.33 bits per heavy atom. The van der Waals surface area contributed by atoms with Crippen LogP contribution in [0.3, 0.4) is 0 Å². The number of aromatic nitrogens is 1. The summed E-state index contributed by atoms with van der Waals surface area (Å²) >= 11 is 0. The van der Waals surface area contributed by atoms with Crippen LogP contribution >= 0.6 is 0 Å². The normalized spacial score (nSPS) is 7.79. The third-order valence-electron chi connectivity index (χ3n) is 3.03. The molecule has 0 N–H and O–H groups in total. The molecule has 0 atom stereocenters. The van der Waals surface area contributed by atoms with Gasteiger partial charge in [0.25, 0.3) is 0 Å². The quantitative estimate of drug-likeness (QED) is 0.473. The number of hydrogen-bond acceptors (Lipinski definition) is 0. The lowest BCUT2D eigenvalue weighted by molar-refractivity contribution is 1.01. The van der Waals surface area contributed by atoms with Crippen LogP contribution in [0.2, 0.25) is 0 Å². The SMILES string of the molecule is C#CC#CC#C.CC.CC.Cn1c2ccccc2c2ccccc21. The Morgan fingerprint density at radius 1 is 0.667 bits per heavy atom. The number of fused-ring (bicyclic) bond motifs is 3. The summed E-state index contributed by atoms with van der Waals surface area (Å²) in [5.74, 6) is 8.61. The van der Waals surface area contributed by atoms with E-state index in [1.807, 2.05) is 27.7 Å². The Balaban J connectivity index is 0.000000453. The van der Waals surface area contributed by atoms with E-state index in [4.69, 9.17) is 12.8 Å². The number of para-hydroxylation sites is 2. The van der Waals surface area contributed by atoms with Crippen LogP contribution in [0, 0.1) is 36.5 Å². The highest BCUT2D eigenvalue weighted by Crippen LogP contribution is 2.26. The third-order valence-corrected chi connectivity index (χ3v) is 3.03. The molecule has 0 fully saturated rings. The first kappa shape index (κ1) is 20.9. The second-order valence-electron chi connectivity index (χ2n) is 4.13. The molecule has 0 saturated heterocycles. The van der Waals surface area contributed by atoms with Gasteiger partial charge >= 0.3 is 0 Å². The largest absolute Gasteiger partial charge is 0.344 e. The number of benzene rings is 2. The van der Waals surface area contributed by atoms with E-state index in [0.29, 0.717) is 0 Å². The van der Waals surface area contributed by atoms with Crippen LogP contribution in [0.25, 0.3) is 21.8 Å². The number of aryl methyl sites for hydroxylation is 1. The lowest BCUT2D eigenvalue weighted by atomic mass is 10.2. The average molecular weight is 315 g/mol. The molecule has 0 aliphatic carbocycles. The Morgan fingerprint density at radius 2 is 1.00 bits per heavy atom. The summed E-state index contributed by atoms with van der Waals surface area (Å²) in [6.07, 6.45) is 9.39. The molecular weight excluding hydrogens is 290 g/mol. The Labute approximate surface area is 146 Å². The van der Waals surface area contributed by atoms with E-state index in [1.165, 1.54) is 21.8 Å². The van der Waals surface area contributed by atoms with Crippen LogP contribution in [0.15, 0.2) is 48.5 Å². The molecule has 1 aromatic heterocycles. The van der Waals surface area contributed by atoms with Crippen molar-refractivity contribution in [2.45, 2.75) is 27.7 Å². The lowest BCUT2D eigenvalue weighted by Crippen LogP contribution is -1.84. The fourth-order valence-electron chi connectivity index (χ4n) is 2.19. The minimum Gasteiger partial charge on any atom is -0.344 e. The van der Waals surface area contributed by atoms with Gasteiger partial charge < -0.3 is 4.57 Å². The molecule has 2 aromatic carbocycles. The van der Waals surface area contributed by atoms with Crippen molar-refractivity contribution in [3.05, 3.63) is 48.5 Å². The summed E-state index contributed by atoms with van der Waals surface area (Å²) in [6.45, 7) is 8.00. The summed E-state index contributed by atoms with van der Waals surface area (Å²) in [6, 6.07) is 17.0. The molecule has 0 unspecified atom stereocenters. The van der Waals surface area contributed by atoms with Gasteiger partial charge in [-0.05, 0) is 35.8 Å². The van der Waals surface area contributed by atoms with Gasteiger partial charge in [0, 0.05) is 28.9 Å². The fourth-order valence-corrected chi connectivity index (χ4v) is 2.19. The predicted molar refractivity (Wildman–Crippen MR) is 109 cm³/mol. The highest BCUT2D eigenvalue weighted by molar-refractivity contribution is 6.07. The molecule has 1 nitrogen and oxygen atoms in total. The molecule has 0 aliphatic rings. The standard InChI is InChI=1S/C13H11N.C6H2.2C2H6/c1-14-12-8-4-2-6-10(12)11-7-3-5-9-13(11)14;1-3-5-6-4-2;2*1-2/h2-9H,1H3;1-2H;2*1-2H3. The maximum atomic E-state index is 4.70. The van der Waals surface area contributed by atoms with E-state index < -0.39 is 0 Å². The highest BCUT2D eigenvalue weighted by Gasteiger charge is 2.04. The van der Waals surface area contributed by atoms with Crippen molar-refractivity contribution in [1.82, 2.24) is 4.57 Å². The van der Waals surface area contributed by atoms with Crippen molar-refractivity contribution in [2.75, 3.05) is 0 Å². The minimum absolute atomic E-state index is 1.30. The zero-order valence-corrected chi connectivity index (χ0v) is 15.2. The van der Waals surface area contributed by atoms with Crippen LogP contribution in [-0.2, 0) is 7.05 Å². The summed E-state index contributed by atoms with van der Waals surface area (Å²) in [4.78, 5) is 0. The summed E-state index contributed by atoms with van der Waals surface area (Å²) in [7, 11) is 2.12. The van der Waals surface area contributed by atoms with Gasteiger partial charge in [-0.3, -0.25) is 0 Å². The Bertz CT molecular complexity index is 816. The van der Waals surface area contributed by atoms with Crippen molar-refractivity contribution in [3.63, 3.8) is 0 Å². The lowest BCUT2D eigenvalue weighted by Gasteiger charge is -1.95. The first-order valence-electron chi connectivity index (χ1n) is 8.13. The smallest absolute Gasteiger partial charge is 0.0488 e. The van der Waals surface area contributed by atoms with Gasteiger partial charge in [-0.2, -0.15) is 0 Å². The molecule has 0 spiro atoms. The highest BCUT2D eigenvalue weighted by atomic mass is 14.9. The molecule has 0 aliphatic heterocycles. The van der Waals surface area contributed by atoms with Crippen molar-refractivity contribution in [3.8, 4) is 36.5 Å². The van der Waals surface area contributed by atoms with Gasteiger partial charge in [-0.1, -0.05) is 64.1 Å². The molecule has 1 heteroatoms. The molecule has 1 heterocycles. The van der Waals surface area contributed by atoms with E-state index in [2.05, 4.69) is 83.8 Å². The van der Waals surface area contributed by atoms with E-state index in [1.54, 1.807) is 0 Å². The third kappa shape index (κ3) is 5.28. The number of rotatable bonds is 0. The van der Waals surface area contributed by atoms with Crippen LogP contribution in [0.5, 0.6) is 0 Å². The molecule has 0 bridgehead atoms. The van der Waals surface area contributed by atoms with E-state index >= 15 is 0 Å². The molecule has 0 amide bonds. The van der Waals surface area contributed by atoms with Gasteiger partial charge in [-0.25, -0.2) is 0 Å². The second-order valence-corrected chi connectivity index (χ2v) is 4.13. The Kier molecular flexibility index (Phi) is 10.9. The van der Waals surface area contributed by atoms with Gasteiger partial charge in [-0.15, -0.1) is 12.8 Å². The fraction of sp³-hybridized carbons (Fsp3) is 0.217. The van der Waals surface area contributed by atoms with Crippen LogP contribution in [-0.4, -0.2) is 4.57 Å². The topological polar surface area (TPSA) is 4.93 Å². The molecule has 3 aromatic rings. The first-order valence-corrected chi connectivity index (χ1v) is 8.13. The summed E-state index contributed by atoms with van der Waals surface area (Å²) in [5.41, 5.74) is 2.60. The van der Waals surface area contributed by atoms with Crippen molar-refractivity contribution < 1.29 is 0 Å². The maximum absolute atomic E-state index is 4.70. The van der Waals surface area contributed by atoms with Crippen LogP contribution in [0.4, 0.5) is 0 Å². The summed E-state index contributed by atoms with van der Waals surface area (Å²) < 4.78 is 2.24. The number of hydrogen-bond donors (Lipinski definition) is 0. The zero-order chi connectivity index (χ0) is 18.4. The molecule has 24 heavy (non-hydrogen) atoms. The second kappa shape index (κ2) is 12.5. The minimum atomic E-state index is 1.30. The first-order chi connectivity index (χ1) is 11.8. The van der Waals surface area contributed by atoms with Gasteiger partial charge in [0.2, 0.25) is 0 Å². The molecule has 122 valence electrons. The van der Waals surface area contributed by atoms with Crippen molar-refractivity contribution in [2.24, 2.45) is 7.05 Å². The van der Waals surface area contributed by atoms with E-state index in [-0.39, 0.29) is 0 Å². The average Bonchev–Trinajstić information content (AvgIpc) is 2.97. The van der Waals surface area contributed by atoms with E-state index in [9.17, 15) is 0 Å². The molecule has 0 saturated carbocycles. The molecule has 0 radical (unpaired) electrons. The van der Waals surface area contributed by atoms with Crippen molar-refractivity contribution in [1.29, 1.82) is 0 Å². The zero-order valence-electron chi connectivity index (χ0n) is 15.2.